The highest BCUT2D eigenvalue weighted by atomic mass is 35.5. The molecule has 0 spiro atoms. The van der Waals surface area contributed by atoms with Crippen molar-refractivity contribution < 1.29 is 4.79 Å². The Morgan fingerprint density at radius 2 is 1.78 bits per heavy atom. The molecule has 3 N–H and O–H groups in total. The van der Waals surface area contributed by atoms with Gasteiger partial charge in [-0.2, -0.15) is 11.8 Å². The number of thioether (sulfide) groups is 1. The van der Waals surface area contributed by atoms with Crippen molar-refractivity contribution >= 4 is 48.2 Å². The van der Waals surface area contributed by atoms with Gasteiger partial charge >= 0.3 is 0 Å². The van der Waals surface area contributed by atoms with Crippen molar-refractivity contribution in [1.29, 1.82) is 0 Å². The van der Waals surface area contributed by atoms with E-state index in [1.54, 1.807) is 6.92 Å². The van der Waals surface area contributed by atoms with E-state index in [-0.39, 0.29) is 30.7 Å². The van der Waals surface area contributed by atoms with Gasteiger partial charge in [0.1, 0.15) is 5.54 Å². The summed E-state index contributed by atoms with van der Waals surface area (Å²) in [6.07, 6.45) is 0. The van der Waals surface area contributed by atoms with Crippen molar-refractivity contribution in [3.05, 3.63) is 65.7 Å². The van der Waals surface area contributed by atoms with Gasteiger partial charge in [0, 0.05) is 36.8 Å². The fourth-order valence-electron chi connectivity index (χ4n) is 2.94. The maximum Gasteiger partial charge on any atom is 0.248 e. The molecule has 1 amide bonds. The van der Waals surface area contributed by atoms with Crippen molar-refractivity contribution in [2.75, 3.05) is 29.9 Å². The number of amides is 1. The van der Waals surface area contributed by atoms with Crippen LogP contribution in [0.5, 0.6) is 0 Å². The lowest BCUT2D eigenvalue weighted by Crippen LogP contribution is -2.45. The van der Waals surface area contributed by atoms with Gasteiger partial charge in [0.15, 0.2) is 0 Å². The fraction of sp³-hybridized carbons (Fsp3) is 0.350. The first-order valence-corrected chi connectivity index (χ1v) is 9.76. The lowest BCUT2D eigenvalue weighted by molar-refractivity contribution is -0.120. The Morgan fingerprint density at radius 1 is 1.11 bits per heavy atom. The first-order chi connectivity index (χ1) is 12.1. The van der Waals surface area contributed by atoms with Crippen molar-refractivity contribution in [3.8, 4) is 0 Å². The lowest BCUT2D eigenvalue weighted by atomic mass is 9.92. The lowest BCUT2D eigenvalue weighted by Gasteiger charge is -2.26. The van der Waals surface area contributed by atoms with E-state index >= 15 is 0 Å². The van der Waals surface area contributed by atoms with E-state index in [4.69, 9.17) is 5.73 Å². The molecule has 0 saturated carbocycles. The van der Waals surface area contributed by atoms with Crippen molar-refractivity contribution in [3.63, 3.8) is 0 Å². The number of halogens is 2. The maximum absolute atomic E-state index is 12.7. The van der Waals surface area contributed by atoms with E-state index in [9.17, 15) is 4.79 Å². The number of hydrogen-bond donors (Lipinski definition) is 2. The molecule has 1 fully saturated rings. The third-order valence-corrected chi connectivity index (χ3v) is 5.48. The van der Waals surface area contributed by atoms with E-state index in [0.29, 0.717) is 0 Å². The Hall–Kier alpha value is -1.24. The monoisotopic (exact) mass is 427 g/mol. The molecule has 0 aromatic heterocycles. The average Bonchev–Trinajstić information content (AvgIpc) is 2.63. The summed E-state index contributed by atoms with van der Waals surface area (Å²) in [6.45, 7) is 4.90. The number of anilines is 1. The molecule has 7 heteroatoms. The molecular formula is C20H27Cl2N3OS. The molecule has 1 aliphatic heterocycles. The van der Waals surface area contributed by atoms with E-state index < -0.39 is 5.54 Å². The summed E-state index contributed by atoms with van der Waals surface area (Å²) in [4.78, 5) is 15.1. The minimum Gasteiger partial charge on any atom is -0.324 e. The smallest absolute Gasteiger partial charge is 0.248 e. The zero-order valence-corrected chi connectivity index (χ0v) is 17.8. The zero-order chi connectivity index (χ0) is 17.7. The quantitative estimate of drug-likeness (QED) is 0.759. The van der Waals surface area contributed by atoms with Crippen molar-refractivity contribution in [2.24, 2.45) is 5.73 Å². The van der Waals surface area contributed by atoms with Gasteiger partial charge in [-0.15, -0.1) is 24.8 Å². The third-order valence-electron chi connectivity index (χ3n) is 4.54. The highest BCUT2D eigenvalue weighted by molar-refractivity contribution is 7.99. The molecule has 0 bridgehead atoms. The van der Waals surface area contributed by atoms with Crippen molar-refractivity contribution in [1.82, 2.24) is 4.90 Å². The van der Waals surface area contributed by atoms with Crippen LogP contribution in [0, 0.1) is 0 Å². The van der Waals surface area contributed by atoms with E-state index in [1.165, 1.54) is 17.1 Å². The summed E-state index contributed by atoms with van der Waals surface area (Å²) in [7, 11) is 0. The number of rotatable bonds is 5. The van der Waals surface area contributed by atoms with E-state index in [2.05, 4.69) is 16.3 Å². The molecule has 1 aliphatic rings. The molecule has 2 aromatic rings. The zero-order valence-electron chi connectivity index (χ0n) is 15.4. The Kier molecular flexibility index (Phi) is 9.63. The standard InChI is InChI=1S/C20H25N3OS.2ClH/c1-20(21,17-7-3-2-4-8-17)19(24)22-18-9-5-6-16(14-18)15-23-10-12-25-13-11-23;;/h2-9,14H,10-13,15,21H2,1H3,(H,22,24);2*1H. The second-order valence-corrected chi connectivity index (χ2v) is 7.84. The second-order valence-electron chi connectivity index (χ2n) is 6.61. The first-order valence-electron chi connectivity index (χ1n) is 8.60. The van der Waals surface area contributed by atoms with Gasteiger partial charge in [0.25, 0.3) is 0 Å². The molecule has 27 heavy (non-hydrogen) atoms. The Bertz CT molecular complexity index is 722. The summed E-state index contributed by atoms with van der Waals surface area (Å²) >= 11 is 2.01. The number of carbonyl (C=O) groups excluding carboxylic acids is 1. The minimum absolute atomic E-state index is 0. The number of nitrogens with zero attached hydrogens (tertiary/aromatic N) is 1. The van der Waals surface area contributed by atoms with Crippen LogP contribution in [-0.2, 0) is 16.9 Å². The Morgan fingerprint density at radius 3 is 2.44 bits per heavy atom. The topological polar surface area (TPSA) is 58.4 Å². The van der Waals surface area contributed by atoms with Crippen LogP contribution in [0.3, 0.4) is 0 Å². The summed E-state index contributed by atoms with van der Waals surface area (Å²) in [5.74, 6) is 2.18. The van der Waals surface area contributed by atoms with Crippen LogP contribution < -0.4 is 11.1 Å². The number of nitrogens with two attached hydrogens (primary N) is 1. The van der Waals surface area contributed by atoms with Crippen LogP contribution >= 0.6 is 36.6 Å². The SMILES string of the molecule is CC(N)(C(=O)Nc1cccc(CN2CCSCC2)c1)c1ccccc1.Cl.Cl. The Balaban J connectivity index is 0.00000182. The number of hydrogen-bond acceptors (Lipinski definition) is 4. The van der Waals surface area contributed by atoms with Gasteiger partial charge < -0.3 is 11.1 Å². The highest BCUT2D eigenvalue weighted by Gasteiger charge is 2.30. The molecule has 148 valence electrons. The van der Waals surface area contributed by atoms with E-state index in [0.717, 1.165) is 30.9 Å². The number of carbonyl (C=O) groups is 1. The molecule has 2 aromatic carbocycles. The summed E-state index contributed by atoms with van der Waals surface area (Å²) in [5, 5.41) is 2.97. The molecule has 1 heterocycles. The summed E-state index contributed by atoms with van der Waals surface area (Å²) in [6, 6.07) is 17.5. The van der Waals surface area contributed by atoms with Crippen LogP contribution in [0.1, 0.15) is 18.1 Å². The van der Waals surface area contributed by atoms with Crippen LogP contribution in [0.4, 0.5) is 5.69 Å². The summed E-state index contributed by atoms with van der Waals surface area (Å²) in [5.41, 5.74) is 8.03. The third kappa shape index (κ3) is 6.40. The molecule has 1 atom stereocenters. The predicted octanol–water partition coefficient (Wildman–Crippen LogP) is 3.89. The molecule has 4 nitrogen and oxygen atoms in total. The minimum atomic E-state index is -1.07. The van der Waals surface area contributed by atoms with Gasteiger partial charge in [-0.1, -0.05) is 42.5 Å². The van der Waals surface area contributed by atoms with Gasteiger partial charge in [-0.05, 0) is 30.2 Å². The van der Waals surface area contributed by atoms with Crippen LogP contribution in [0.15, 0.2) is 54.6 Å². The van der Waals surface area contributed by atoms with E-state index in [1.807, 2.05) is 60.3 Å². The van der Waals surface area contributed by atoms with Gasteiger partial charge in [0.05, 0.1) is 0 Å². The molecule has 1 saturated heterocycles. The van der Waals surface area contributed by atoms with Gasteiger partial charge in [-0.3, -0.25) is 9.69 Å². The highest BCUT2D eigenvalue weighted by Crippen LogP contribution is 2.21. The van der Waals surface area contributed by atoms with Crippen LogP contribution in [0.25, 0.3) is 0 Å². The molecule has 0 aliphatic carbocycles. The largest absolute Gasteiger partial charge is 0.324 e. The van der Waals surface area contributed by atoms with Crippen LogP contribution in [0.2, 0.25) is 0 Å². The number of nitrogens with one attached hydrogen (secondary N) is 1. The van der Waals surface area contributed by atoms with Gasteiger partial charge in [0.2, 0.25) is 5.91 Å². The fourth-order valence-corrected chi connectivity index (χ4v) is 3.92. The molecule has 1 unspecified atom stereocenters. The molecular weight excluding hydrogens is 401 g/mol. The van der Waals surface area contributed by atoms with Crippen molar-refractivity contribution in [2.45, 2.75) is 19.0 Å². The second kappa shape index (κ2) is 10.9. The molecule has 3 rings (SSSR count). The summed E-state index contributed by atoms with van der Waals surface area (Å²) < 4.78 is 0. The predicted molar refractivity (Wildman–Crippen MR) is 120 cm³/mol. The molecule has 0 radical (unpaired) electrons. The maximum atomic E-state index is 12.7. The normalized spacial score (nSPS) is 16.4. The Labute approximate surface area is 178 Å². The average molecular weight is 428 g/mol. The van der Waals surface area contributed by atoms with Crippen LogP contribution in [-0.4, -0.2) is 35.4 Å². The van der Waals surface area contributed by atoms with Gasteiger partial charge in [-0.25, -0.2) is 0 Å². The first kappa shape index (κ1) is 23.8. The number of benzene rings is 2.